The highest BCUT2D eigenvalue weighted by atomic mass is 32.1. The Kier molecular flexibility index (Phi) is 4.60. The fourth-order valence-electron chi connectivity index (χ4n) is 3.61. The zero-order valence-corrected chi connectivity index (χ0v) is 14.9. The van der Waals surface area contributed by atoms with Gasteiger partial charge in [-0.05, 0) is 54.6 Å². The SMILES string of the molecule is Cc1csc(C(c2ccnc3ccccc23)N2CCCNCC2)c1. The van der Waals surface area contributed by atoms with Crippen LogP contribution in [0.4, 0.5) is 0 Å². The molecule has 2 aromatic heterocycles. The molecule has 0 amide bonds. The summed E-state index contributed by atoms with van der Waals surface area (Å²) in [6.07, 6.45) is 3.16. The van der Waals surface area contributed by atoms with Crippen molar-refractivity contribution in [2.75, 3.05) is 26.2 Å². The van der Waals surface area contributed by atoms with Crippen molar-refractivity contribution in [3.8, 4) is 0 Å². The standard InChI is InChI=1S/C20H23N3S/c1-15-13-19(24-14-15)20(23-11-4-8-21-10-12-23)17-7-9-22-18-6-3-2-5-16(17)18/h2-3,5-7,9,13-14,20-21H,4,8,10-12H2,1H3. The molecule has 1 N–H and O–H groups in total. The summed E-state index contributed by atoms with van der Waals surface area (Å²) in [5.41, 5.74) is 3.82. The van der Waals surface area contributed by atoms with Crippen molar-refractivity contribution in [1.82, 2.24) is 15.2 Å². The predicted molar refractivity (Wildman–Crippen MR) is 102 cm³/mol. The first-order chi connectivity index (χ1) is 11.8. The molecule has 0 bridgehead atoms. The molecule has 1 atom stereocenters. The van der Waals surface area contributed by atoms with Crippen molar-refractivity contribution in [2.24, 2.45) is 0 Å². The number of pyridine rings is 1. The second kappa shape index (κ2) is 7.01. The number of nitrogens with zero attached hydrogens (tertiary/aromatic N) is 2. The van der Waals surface area contributed by atoms with Crippen LogP contribution >= 0.6 is 11.3 Å². The van der Waals surface area contributed by atoms with Crippen LogP contribution in [0, 0.1) is 6.92 Å². The lowest BCUT2D eigenvalue weighted by molar-refractivity contribution is 0.245. The third-order valence-corrected chi connectivity index (χ3v) is 5.84. The molecule has 0 aliphatic carbocycles. The largest absolute Gasteiger partial charge is 0.315 e. The van der Waals surface area contributed by atoms with Gasteiger partial charge in [0.15, 0.2) is 0 Å². The molecular formula is C20H23N3S. The maximum atomic E-state index is 4.56. The average molecular weight is 337 g/mol. The van der Waals surface area contributed by atoms with Crippen molar-refractivity contribution in [2.45, 2.75) is 19.4 Å². The van der Waals surface area contributed by atoms with Gasteiger partial charge in [-0.15, -0.1) is 11.3 Å². The molecule has 124 valence electrons. The summed E-state index contributed by atoms with van der Waals surface area (Å²) in [6, 6.07) is 13.4. The van der Waals surface area contributed by atoms with Crippen LogP contribution < -0.4 is 5.32 Å². The van der Waals surface area contributed by atoms with Crippen LogP contribution in [-0.4, -0.2) is 36.1 Å². The molecular weight excluding hydrogens is 314 g/mol. The zero-order valence-electron chi connectivity index (χ0n) is 14.0. The number of fused-ring (bicyclic) bond motifs is 1. The Balaban J connectivity index is 1.84. The lowest BCUT2D eigenvalue weighted by Gasteiger charge is -2.31. The van der Waals surface area contributed by atoms with Gasteiger partial charge in [-0.25, -0.2) is 0 Å². The number of aryl methyl sites for hydroxylation is 1. The van der Waals surface area contributed by atoms with E-state index in [1.165, 1.54) is 27.8 Å². The summed E-state index contributed by atoms with van der Waals surface area (Å²) in [7, 11) is 0. The third kappa shape index (κ3) is 3.09. The van der Waals surface area contributed by atoms with Gasteiger partial charge in [0, 0.05) is 36.1 Å². The molecule has 4 rings (SSSR count). The van der Waals surface area contributed by atoms with Crippen LogP contribution in [-0.2, 0) is 0 Å². The molecule has 0 radical (unpaired) electrons. The minimum Gasteiger partial charge on any atom is -0.315 e. The van der Waals surface area contributed by atoms with E-state index in [4.69, 9.17) is 0 Å². The molecule has 4 heteroatoms. The van der Waals surface area contributed by atoms with Gasteiger partial charge in [-0.2, -0.15) is 0 Å². The monoisotopic (exact) mass is 337 g/mol. The van der Waals surface area contributed by atoms with Gasteiger partial charge in [0.25, 0.3) is 0 Å². The lowest BCUT2D eigenvalue weighted by Crippen LogP contribution is -2.32. The molecule has 3 aromatic rings. The van der Waals surface area contributed by atoms with Gasteiger partial charge in [-0.1, -0.05) is 18.2 Å². The summed E-state index contributed by atoms with van der Waals surface area (Å²) in [5.74, 6) is 0. The minimum atomic E-state index is 0.316. The smallest absolute Gasteiger partial charge is 0.0705 e. The molecule has 1 fully saturated rings. The highest BCUT2D eigenvalue weighted by Gasteiger charge is 2.26. The summed E-state index contributed by atoms with van der Waals surface area (Å²) in [5, 5.41) is 7.06. The maximum absolute atomic E-state index is 4.56. The first kappa shape index (κ1) is 15.8. The molecule has 1 saturated heterocycles. The molecule has 1 aromatic carbocycles. The van der Waals surface area contributed by atoms with E-state index < -0.39 is 0 Å². The average Bonchev–Trinajstić information content (AvgIpc) is 2.86. The van der Waals surface area contributed by atoms with Gasteiger partial charge in [-0.3, -0.25) is 9.88 Å². The van der Waals surface area contributed by atoms with Crippen molar-refractivity contribution >= 4 is 22.2 Å². The van der Waals surface area contributed by atoms with E-state index >= 15 is 0 Å². The van der Waals surface area contributed by atoms with Gasteiger partial charge >= 0.3 is 0 Å². The quantitative estimate of drug-likeness (QED) is 0.783. The number of rotatable bonds is 3. The number of para-hydroxylation sites is 1. The highest BCUT2D eigenvalue weighted by Crippen LogP contribution is 2.36. The normalized spacial score (nSPS) is 17.7. The van der Waals surface area contributed by atoms with Crippen molar-refractivity contribution in [1.29, 1.82) is 0 Å². The Labute approximate surface area is 147 Å². The van der Waals surface area contributed by atoms with Gasteiger partial charge in [0.1, 0.15) is 0 Å². The number of aromatic nitrogens is 1. The Bertz CT molecular complexity index is 813. The molecule has 1 aliphatic heterocycles. The predicted octanol–water partition coefficient (Wildman–Crippen LogP) is 3.99. The van der Waals surface area contributed by atoms with Gasteiger partial charge in [0.2, 0.25) is 0 Å². The Hall–Kier alpha value is -1.75. The fourth-order valence-corrected chi connectivity index (χ4v) is 4.66. The lowest BCUT2D eigenvalue weighted by atomic mass is 9.98. The molecule has 1 unspecified atom stereocenters. The van der Waals surface area contributed by atoms with Gasteiger partial charge in [0.05, 0.1) is 11.6 Å². The Morgan fingerprint density at radius 1 is 1.17 bits per heavy atom. The fraction of sp³-hybridized carbons (Fsp3) is 0.350. The first-order valence-electron chi connectivity index (χ1n) is 8.66. The summed E-state index contributed by atoms with van der Waals surface area (Å²) in [6.45, 7) is 6.57. The summed E-state index contributed by atoms with van der Waals surface area (Å²) in [4.78, 5) is 8.63. The van der Waals surface area contributed by atoms with Crippen LogP contribution in [0.5, 0.6) is 0 Å². The number of benzene rings is 1. The van der Waals surface area contributed by atoms with E-state index in [-0.39, 0.29) is 0 Å². The topological polar surface area (TPSA) is 28.2 Å². The summed E-state index contributed by atoms with van der Waals surface area (Å²) >= 11 is 1.88. The van der Waals surface area contributed by atoms with Crippen LogP contribution in [0.3, 0.4) is 0 Å². The van der Waals surface area contributed by atoms with Crippen molar-refractivity contribution in [3.63, 3.8) is 0 Å². The highest BCUT2D eigenvalue weighted by molar-refractivity contribution is 7.10. The Morgan fingerprint density at radius 3 is 2.96 bits per heavy atom. The number of thiophene rings is 1. The van der Waals surface area contributed by atoms with E-state index in [1.54, 1.807) is 0 Å². The second-order valence-electron chi connectivity index (χ2n) is 6.49. The minimum absolute atomic E-state index is 0.316. The van der Waals surface area contributed by atoms with Gasteiger partial charge < -0.3 is 5.32 Å². The number of hydrogen-bond acceptors (Lipinski definition) is 4. The molecule has 0 saturated carbocycles. The Morgan fingerprint density at radius 2 is 2.08 bits per heavy atom. The van der Waals surface area contributed by atoms with Crippen molar-refractivity contribution in [3.05, 3.63) is 64.0 Å². The number of hydrogen-bond donors (Lipinski definition) is 1. The van der Waals surface area contributed by atoms with E-state index in [2.05, 4.69) is 63.9 Å². The number of nitrogens with one attached hydrogen (secondary N) is 1. The molecule has 3 nitrogen and oxygen atoms in total. The van der Waals surface area contributed by atoms with E-state index in [1.807, 2.05) is 17.5 Å². The third-order valence-electron chi connectivity index (χ3n) is 4.74. The maximum Gasteiger partial charge on any atom is 0.0705 e. The second-order valence-corrected chi connectivity index (χ2v) is 7.43. The van der Waals surface area contributed by atoms with E-state index in [0.717, 1.165) is 31.7 Å². The van der Waals surface area contributed by atoms with Crippen molar-refractivity contribution < 1.29 is 0 Å². The molecule has 0 spiro atoms. The molecule has 24 heavy (non-hydrogen) atoms. The van der Waals surface area contributed by atoms with Crippen LogP contribution in [0.25, 0.3) is 10.9 Å². The first-order valence-corrected chi connectivity index (χ1v) is 9.54. The van der Waals surface area contributed by atoms with E-state index in [9.17, 15) is 0 Å². The summed E-state index contributed by atoms with van der Waals surface area (Å²) < 4.78 is 0. The van der Waals surface area contributed by atoms with Crippen LogP contribution in [0.2, 0.25) is 0 Å². The molecule has 3 heterocycles. The van der Waals surface area contributed by atoms with E-state index in [0.29, 0.717) is 6.04 Å². The molecule has 1 aliphatic rings. The van der Waals surface area contributed by atoms with Crippen LogP contribution in [0.1, 0.15) is 28.5 Å². The zero-order chi connectivity index (χ0) is 16.4. The van der Waals surface area contributed by atoms with Crippen LogP contribution in [0.15, 0.2) is 48.0 Å².